The zero-order chi connectivity index (χ0) is 9.80. The summed E-state index contributed by atoms with van der Waals surface area (Å²) < 4.78 is 0. The molecule has 0 saturated heterocycles. The van der Waals surface area contributed by atoms with Crippen molar-refractivity contribution < 1.29 is 0 Å². The fourth-order valence-corrected chi connectivity index (χ4v) is 1.57. The van der Waals surface area contributed by atoms with Gasteiger partial charge in [0, 0.05) is 35.7 Å². The molecular formula is C11H9BrN2. The van der Waals surface area contributed by atoms with E-state index in [1.807, 2.05) is 24.5 Å². The van der Waals surface area contributed by atoms with Crippen LogP contribution in [0, 0.1) is 0 Å². The van der Waals surface area contributed by atoms with Gasteiger partial charge in [0.2, 0.25) is 0 Å². The van der Waals surface area contributed by atoms with Crippen molar-refractivity contribution in [1.82, 2.24) is 9.97 Å². The van der Waals surface area contributed by atoms with Crippen molar-refractivity contribution in [2.24, 2.45) is 0 Å². The maximum atomic E-state index is 4.18. The summed E-state index contributed by atoms with van der Waals surface area (Å²) in [5.74, 6) is 0. The predicted octanol–water partition coefficient (Wildman–Crippen LogP) is 3.04. The first-order valence-corrected chi connectivity index (χ1v) is 5.42. The van der Waals surface area contributed by atoms with E-state index >= 15 is 0 Å². The molecule has 0 aliphatic carbocycles. The molecular weight excluding hydrogens is 240 g/mol. The lowest BCUT2D eigenvalue weighted by molar-refractivity contribution is 1.25. The summed E-state index contributed by atoms with van der Waals surface area (Å²) in [6, 6.07) is 6.08. The normalized spacial score (nSPS) is 10.1. The first-order valence-electron chi connectivity index (χ1n) is 4.30. The van der Waals surface area contributed by atoms with E-state index in [9.17, 15) is 0 Å². The van der Waals surface area contributed by atoms with Gasteiger partial charge in [-0.15, -0.1) is 0 Å². The van der Waals surface area contributed by atoms with Gasteiger partial charge in [0.15, 0.2) is 0 Å². The molecule has 0 aliphatic heterocycles. The number of halogens is 1. The Labute approximate surface area is 91.2 Å². The molecule has 0 unspecified atom stereocenters. The van der Waals surface area contributed by atoms with Crippen molar-refractivity contribution in [2.45, 2.75) is 5.33 Å². The number of aromatic nitrogens is 2. The standard InChI is InChI=1S/C11H9BrN2/c12-6-9-5-11(8-14-7-9)10-1-3-13-4-2-10/h1-5,7-8H,6H2. The molecule has 0 amide bonds. The molecule has 0 aliphatic rings. The lowest BCUT2D eigenvalue weighted by atomic mass is 10.1. The van der Waals surface area contributed by atoms with Crippen LogP contribution in [0.5, 0.6) is 0 Å². The summed E-state index contributed by atoms with van der Waals surface area (Å²) in [5.41, 5.74) is 3.46. The highest BCUT2D eigenvalue weighted by molar-refractivity contribution is 9.08. The van der Waals surface area contributed by atoms with E-state index in [1.165, 1.54) is 5.56 Å². The Bertz CT molecular complexity index is 415. The van der Waals surface area contributed by atoms with Gasteiger partial charge in [-0.05, 0) is 29.3 Å². The number of rotatable bonds is 2. The van der Waals surface area contributed by atoms with Crippen LogP contribution in [0.1, 0.15) is 5.56 Å². The van der Waals surface area contributed by atoms with Gasteiger partial charge in [0.25, 0.3) is 0 Å². The summed E-state index contributed by atoms with van der Waals surface area (Å²) in [7, 11) is 0. The van der Waals surface area contributed by atoms with Gasteiger partial charge in [-0.25, -0.2) is 0 Å². The third-order valence-electron chi connectivity index (χ3n) is 1.96. The second kappa shape index (κ2) is 4.33. The third-order valence-corrected chi connectivity index (χ3v) is 2.61. The van der Waals surface area contributed by atoms with Crippen molar-refractivity contribution in [3.05, 3.63) is 48.5 Å². The molecule has 0 spiro atoms. The minimum atomic E-state index is 0.832. The second-order valence-electron chi connectivity index (χ2n) is 2.95. The van der Waals surface area contributed by atoms with E-state index in [1.54, 1.807) is 12.4 Å². The Balaban J connectivity index is 2.42. The van der Waals surface area contributed by atoms with E-state index in [4.69, 9.17) is 0 Å². The number of hydrogen-bond acceptors (Lipinski definition) is 2. The topological polar surface area (TPSA) is 25.8 Å². The molecule has 0 radical (unpaired) electrons. The van der Waals surface area contributed by atoms with Crippen LogP contribution in [0.4, 0.5) is 0 Å². The SMILES string of the molecule is BrCc1cncc(-c2ccncc2)c1. The van der Waals surface area contributed by atoms with Gasteiger partial charge in [-0.1, -0.05) is 15.9 Å². The number of hydrogen-bond donors (Lipinski definition) is 0. The summed E-state index contributed by atoms with van der Waals surface area (Å²) in [4.78, 5) is 8.17. The van der Waals surface area contributed by atoms with Crippen LogP contribution in [-0.2, 0) is 5.33 Å². The molecule has 2 rings (SSSR count). The molecule has 0 atom stereocenters. The maximum absolute atomic E-state index is 4.18. The van der Waals surface area contributed by atoms with E-state index in [0.29, 0.717) is 0 Å². The average Bonchev–Trinajstić information content (AvgIpc) is 2.30. The van der Waals surface area contributed by atoms with E-state index < -0.39 is 0 Å². The highest BCUT2D eigenvalue weighted by Gasteiger charge is 1.98. The molecule has 0 bridgehead atoms. The number of alkyl halides is 1. The first kappa shape index (κ1) is 9.34. The van der Waals surface area contributed by atoms with Crippen LogP contribution in [0.15, 0.2) is 43.0 Å². The fraction of sp³-hybridized carbons (Fsp3) is 0.0909. The number of pyridine rings is 2. The van der Waals surface area contributed by atoms with Gasteiger partial charge in [0.05, 0.1) is 0 Å². The third kappa shape index (κ3) is 1.99. The Morgan fingerprint density at radius 3 is 2.50 bits per heavy atom. The van der Waals surface area contributed by atoms with Gasteiger partial charge in [0.1, 0.15) is 0 Å². The molecule has 14 heavy (non-hydrogen) atoms. The molecule has 2 heterocycles. The maximum Gasteiger partial charge on any atom is 0.0346 e. The van der Waals surface area contributed by atoms with Crippen LogP contribution < -0.4 is 0 Å². The zero-order valence-electron chi connectivity index (χ0n) is 7.52. The predicted molar refractivity (Wildman–Crippen MR) is 60.1 cm³/mol. The van der Waals surface area contributed by atoms with E-state index in [-0.39, 0.29) is 0 Å². The molecule has 0 aromatic carbocycles. The minimum Gasteiger partial charge on any atom is -0.265 e. The summed E-state index contributed by atoms with van der Waals surface area (Å²) >= 11 is 3.41. The quantitative estimate of drug-likeness (QED) is 0.764. The van der Waals surface area contributed by atoms with Gasteiger partial charge in [-0.2, -0.15) is 0 Å². The van der Waals surface area contributed by atoms with Gasteiger partial charge < -0.3 is 0 Å². The van der Waals surface area contributed by atoms with Gasteiger partial charge in [-0.3, -0.25) is 9.97 Å². The molecule has 2 nitrogen and oxygen atoms in total. The van der Waals surface area contributed by atoms with Crippen LogP contribution in [0.2, 0.25) is 0 Å². The lowest BCUT2D eigenvalue weighted by Gasteiger charge is -2.01. The first-order chi connectivity index (χ1) is 6.90. The molecule has 2 aromatic heterocycles. The largest absolute Gasteiger partial charge is 0.265 e. The molecule has 3 heteroatoms. The van der Waals surface area contributed by atoms with Crippen molar-refractivity contribution in [2.75, 3.05) is 0 Å². The van der Waals surface area contributed by atoms with Crippen LogP contribution in [-0.4, -0.2) is 9.97 Å². The summed E-state index contributed by atoms with van der Waals surface area (Å²) in [6.07, 6.45) is 7.30. The molecule has 0 saturated carbocycles. The van der Waals surface area contributed by atoms with Crippen molar-refractivity contribution >= 4 is 15.9 Å². The monoisotopic (exact) mass is 248 g/mol. The number of nitrogens with zero attached hydrogens (tertiary/aromatic N) is 2. The highest BCUT2D eigenvalue weighted by Crippen LogP contribution is 2.18. The van der Waals surface area contributed by atoms with Crippen LogP contribution >= 0.6 is 15.9 Å². The van der Waals surface area contributed by atoms with Crippen molar-refractivity contribution in [3.63, 3.8) is 0 Å². The molecule has 0 N–H and O–H groups in total. The minimum absolute atomic E-state index is 0.832. The Kier molecular flexibility index (Phi) is 2.89. The Morgan fingerprint density at radius 2 is 1.79 bits per heavy atom. The molecule has 2 aromatic rings. The molecule has 0 fully saturated rings. The smallest absolute Gasteiger partial charge is 0.0346 e. The van der Waals surface area contributed by atoms with Crippen LogP contribution in [0.3, 0.4) is 0 Å². The highest BCUT2D eigenvalue weighted by atomic mass is 79.9. The van der Waals surface area contributed by atoms with E-state index in [0.717, 1.165) is 16.5 Å². The zero-order valence-corrected chi connectivity index (χ0v) is 9.11. The molecule has 70 valence electrons. The Morgan fingerprint density at radius 1 is 1.00 bits per heavy atom. The average molecular weight is 249 g/mol. The van der Waals surface area contributed by atoms with Gasteiger partial charge >= 0.3 is 0 Å². The lowest BCUT2D eigenvalue weighted by Crippen LogP contribution is -1.84. The summed E-state index contributed by atoms with van der Waals surface area (Å²) in [5, 5.41) is 0.832. The second-order valence-corrected chi connectivity index (χ2v) is 3.51. The Hall–Kier alpha value is -1.22. The van der Waals surface area contributed by atoms with Crippen molar-refractivity contribution in [3.8, 4) is 11.1 Å². The van der Waals surface area contributed by atoms with E-state index in [2.05, 4.69) is 32.0 Å². The van der Waals surface area contributed by atoms with Crippen LogP contribution in [0.25, 0.3) is 11.1 Å². The van der Waals surface area contributed by atoms with Crippen molar-refractivity contribution in [1.29, 1.82) is 0 Å². The fourth-order valence-electron chi connectivity index (χ4n) is 1.26. The summed E-state index contributed by atoms with van der Waals surface area (Å²) in [6.45, 7) is 0.